The molecule has 3 rings (SSSR count). The maximum Gasteiger partial charge on any atom is 0.164 e. The van der Waals surface area contributed by atoms with Crippen molar-refractivity contribution in [3.05, 3.63) is 11.6 Å². The molecule has 0 aromatic carbocycles. The first-order valence-corrected chi connectivity index (χ1v) is 7.71. The van der Waals surface area contributed by atoms with Crippen molar-refractivity contribution in [1.29, 1.82) is 0 Å². The number of carbonyl (C=O) groups excluding carboxylic acids is 1. The molecular formula is C16H24O6. The Morgan fingerprint density at radius 2 is 2.23 bits per heavy atom. The Balaban J connectivity index is 1.86. The SMILES string of the molecule is CO[C@@H]1C(=O)CC[C@]2(CO2)[C@]1(O)[C@@]1(C)O[C@@H]1C/C=C(/C)CO. The molecule has 0 bridgehead atoms. The van der Waals surface area contributed by atoms with Crippen molar-refractivity contribution in [1.82, 2.24) is 0 Å². The van der Waals surface area contributed by atoms with E-state index in [1.165, 1.54) is 7.11 Å². The first-order valence-electron chi connectivity index (χ1n) is 7.71. The van der Waals surface area contributed by atoms with Crippen LogP contribution in [0.1, 0.15) is 33.1 Å². The minimum absolute atomic E-state index is 0.0000667. The van der Waals surface area contributed by atoms with Crippen LogP contribution in [0.15, 0.2) is 11.6 Å². The lowest BCUT2D eigenvalue weighted by Gasteiger charge is -2.45. The molecule has 3 aliphatic rings. The zero-order valence-electron chi connectivity index (χ0n) is 13.3. The molecule has 0 unspecified atom stereocenters. The fraction of sp³-hybridized carbons (Fsp3) is 0.812. The van der Waals surface area contributed by atoms with Crippen LogP contribution in [0.5, 0.6) is 0 Å². The molecule has 6 heteroatoms. The van der Waals surface area contributed by atoms with Gasteiger partial charge in [0.2, 0.25) is 0 Å². The largest absolute Gasteiger partial charge is 0.392 e. The van der Waals surface area contributed by atoms with Crippen LogP contribution in [0.3, 0.4) is 0 Å². The summed E-state index contributed by atoms with van der Waals surface area (Å²) in [6.45, 7) is 4.07. The molecular weight excluding hydrogens is 288 g/mol. The van der Waals surface area contributed by atoms with Gasteiger partial charge in [-0.05, 0) is 26.7 Å². The third kappa shape index (κ3) is 2.02. The molecule has 2 saturated heterocycles. The highest BCUT2D eigenvalue weighted by Gasteiger charge is 2.81. The molecule has 2 aliphatic heterocycles. The zero-order valence-corrected chi connectivity index (χ0v) is 13.3. The van der Waals surface area contributed by atoms with Gasteiger partial charge in [-0.2, -0.15) is 0 Å². The summed E-state index contributed by atoms with van der Waals surface area (Å²) in [6, 6.07) is 0. The second-order valence-electron chi connectivity index (χ2n) is 6.79. The Kier molecular flexibility index (Phi) is 3.73. The standard InChI is InChI=1S/C16H24O6/c1-10(8-17)4-5-12-14(2,22-12)16(19)13(20-3)11(18)6-7-15(16)9-21-15/h4,12-13,17,19H,5-9H2,1-3H3/b10-4-/t12-,13-,14+,15+,16-/m1/s1. The number of epoxide rings is 2. The van der Waals surface area contributed by atoms with Gasteiger partial charge in [0.05, 0.1) is 19.3 Å². The van der Waals surface area contributed by atoms with E-state index in [1.54, 1.807) is 0 Å². The van der Waals surface area contributed by atoms with Gasteiger partial charge in [-0.15, -0.1) is 0 Å². The van der Waals surface area contributed by atoms with E-state index in [1.807, 2.05) is 19.9 Å². The first kappa shape index (κ1) is 16.1. The van der Waals surface area contributed by atoms with E-state index in [0.29, 0.717) is 25.9 Å². The predicted molar refractivity (Wildman–Crippen MR) is 77.4 cm³/mol. The lowest BCUT2D eigenvalue weighted by molar-refractivity contribution is -0.193. The lowest BCUT2D eigenvalue weighted by Crippen LogP contribution is -2.69. The summed E-state index contributed by atoms with van der Waals surface area (Å²) < 4.78 is 16.7. The molecule has 22 heavy (non-hydrogen) atoms. The highest BCUT2D eigenvalue weighted by molar-refractivity contribution is 5.87. The highest BCUT2D eigenvalue weighted by atomic mass is 16.7. The van der Waals surface area contributed by atoms with Crippen LogP contribution in [-0.2, 0) is 19.0 Å². The van der Waals surface area contributed by atoms with Crippen LogP contribution in [0.25, 0.3) is 0 Å². The second kappa shape index (κ2) is 5.11. The summed E-state index contributed by atoms with van der Waals surface area (Å²) in [7, 11) is 1.44. The number of rotatable bonds is 5. The Bertz CT molecular complexity index is 511. The van der Waals surface area contributed by atoms with Gasteiger partial charge in [0.1, 0.15) is 17.3 Å². The van der Waals surface area contributed by atoms with Gasteiger partial charge in [-0.25, -0.2) is 0 Å². The van der Waals surface area contributed by atoms with E-state index in [-0.39, 0.29) is 18.5 Å². The van der Waals surface area contributed by atoms with Crippen LogP contribution in [0, 0.1) is 0 Å². The van der Waals surface area contributed by atoms with E-state index >= 15 is 0 Å². The molecule has 124 valence electrons. The normalized spacial score (nSPS) is 47.9. The van der Waals surface area contributed by atoms with Gasteiger partial charge in [-0.1, -0.05) is 11.6 Å². The molecule has 0 radical (unpaired) electrons. The number of ketones is 1. The summed E-state index contributed by atoms with van der Waals surface area (Å²) in [4.78, 5) is 12.2. The first-order chi connectivity index (χ1) is 10.3. The van der Waals surface area contributed by atoms with Crippen LogP contribution in [0.2, 0.25) is 0 Å². The number of ether oxygens (including phenoxy) is 3. The number of methoxy groups -OCH3 is 1. The number of hydrogen-bond donors (Lipinski definition) is 2. The van der Waals surface area contributed by atoms with Gasteiger partial charge >= 0.3 is 0 Å². The maximum atomic E-state index is 12.2. The van der Waals surface area contributed by atoms with Crippen molar-refractivity contribution in [3.63, 3.8) is 0 Å². The minimum atomic E-state index is -1.48. The van der Waals surface area contributed by atoms with Gasteiger partial charge in [0, 0.05) is 13.5 Å². The van der Waals surface area contributed by atoms with Crippen LogP contribution >= 0.6 is 0 Å². The number of Topliss-reactive ketones (excluding diaryl/α,β-unsaturated/α-hetero) is 1. The second-order valence-corrected chi connectivity index (χ2v) is 6.79. The fourth-order valence-corrected chi connectivity index (χ4v) is 3.83. The third-order valence-corrected chi connectivity index (χ3v) is 5.50. The van der Waals surface area contributed by atoms with Gasteiger partial charge in [0.25, 0.3) is 0 Å². The average molecular weight is 312 g/mol. The van der Waals surface area contributed by atoms with E-state index < -0.39 is 22.9 Å². The maximum absolute atomic E-state index is 12.2. The van der Waals surface area contributed by atoms with Crippen molar-refractivity contribution in [3.8, 4) is 0 Å². The molecule has 1 aliphatic carbocycles. The van der Waals surface area contributed by atoms with Gasteiger partial charge < -0.3 is 24.4 Å². The third-order valence-electron chi connectivity index (χ3n) is 5.50. The smallest absolute Gasteiger partial charge is 0.164 e. The summed E-state index contributed by atoms with van der Waals surface area (Å²) in [5.74, 6) is -0.108. The summed E-state index contributed by atoms with van der Waals surface area (Å²) in [6.07, 6.45) is 2.17. The van der Waals surface area contributed by atoms with Crippen molar-refractivity contribution in [2.75, 3.05) is 20.3 Å². The van der Waals surface area contributed by atoms with Crippen molar-refractivity contribution < 1.29 is 29.2 Å². The summed E-state index contributed by atoms with van der Waals surface area (Å²) in [5, 5.41) is 20.5. The molecule has 1 saturated carbocycles. The van der Waals surface area contributed by atoms with Crippen LogP contribution in [0.4, 0.5) is 0 Å². The van der Waals surface area contributed by atoms with E-state index in [4.69, 9.17) is 19.3 Å². The van der Waals surface area contributed by atoms with E-state index in [2.05, 4.69) is 0 Å². The van der Waals surface area contributed by atoms with Crippen LogP contribution < -0.4 is 0 Å². The number of aliphatic hydroxyl groups excluding tert-OH is 1. The van der Waals surface area contributed by atoms with Crippen molar-refractivity contribution in [2.24, 2.45) is 0 Å². The summed E-state index contributed by atoms with van der Waals surface area (Å²) >= 11 is 0. The van der Waals surface area contributed by atoms with Crippen molar-refractivity contribution in [2.45, 2.75) is 62.1 Å². The zero-order chi connectivity index (χ0) is 16.2. The fourth-order valence-electron chi connectivity index (χ4n) is 3.83. The number of carbonyl (C=O) groups is 1. The molecule has 0 aromatic heterocycles. The van der Waals surface area contributed by atoms with Gasteiger partial charge in [0.15, 0.2) is 11.4 Å². The van der Waals surface area contributed by atoms with E-state index in [9.17, 15) is 9.90 Å². The van der Waals surface area contributed by atoms with E-state index in [0.717, 1.165) is 5.57 Å². The Labute approximate surface area is 130 Å². The summed E-state index contributed by atoms with van der Waals surface area (Å²) in [5.41, 5.74) is -2.24. The average Bonchev–Trinajstić information content (AvgIpc) is 3.39. The Hall–Kier alpha value is -0.790. The lowest BCUT2D eigenvalue weighted by atomic mass is 9.65. The molecule has 0 amide bonds. The molecule has 6 nitrogen and oxygen atoms in total. The topological polar surface area (TPSA) is 91.8 Å². The Morgan fingerprint density at radius 1 is 1.55 bits per heavy atom. The van der Waals surface area contributed by atoms with Gasteiger partial charge in [-0.3, -0.25) is 4.79 Å². The number of hydrogen-bond acceptors (Lipinski definition) is 6. The quantitative estimate of drug-likeness (QED) is 0.562. The van der Waals surface area contributed by atoms with Crippen molar-refractivity contribution >= 4 is 5.78 Å². The molecule has 5 atom stereocenters. The molecule has 2 N–H and O–H groups in total. The molecule has 2 heterocycles. The molecule has 1 spiro atoms. The molecule has 0 aromatic rings. The highest BCUT2D eigenvalue weighted by Crippen LogP contribution is 2.61. The van der Waals surface area contributed by atoms with Crippen LogP contribution in [-0.4, -0.2) is 65.3 Å². The predicted octanol–water partition coefficient (Wildman–Crippen LogP) is 0.351. The molecule has 3 fully saturated rings. The Morgan fingerprint density at radius 3 is 2.77 bits per heavy atom. The number of aliphatic hydroxyl groups is 2. The monoisotopic (exact) mass is 312 g/mol. The minimum Gasteiger partial charge on any atom is -0.392 e.